The Labute approximate surface area is 192 Å². The van der Waals surface area contributed by atoms with Gasteiger partial charge in [0.25, 0.3) is 0 Å². The van der Waals surface area contributed by atoms with Crippen molar-refractivity contribution in [1.29, 1.82) is 0 Å². The highest BCUT2D eigenvalue weighted by atomic mass is 127. The van der Waals surface area contributed by atoms with Crippen molar-refractivity contribution < 1.29 is 23.4 Å². The van der Waals surface area contributed by atoms with Crippen molar-refractivity contribution in [3.05, 3.63) is 59.7 Å². The van der Waals surface area contributed by atoms with E-state index in [4.69, 9.17) is 4.74 Å². The van der Waals surface area contributed by atoms with E-state index in [-0.39, 0.29) is 36.3 Å². The van der Waals surface area contributed by atoms with Gasteiger partial charge < -0.3 is 25.2 Å². The number of aliphatic imine (C=N–C) groups is 1. The monoisotopic (exact) mass is 535 g/mol. The van der Waals surface area contributed by atoms with Gasteiger partial charge in [-0.25, -0.2) is 4.99 Å². The predicted octanol–water partition coefficient (Wildman–Crippen LogP) is 4.09. The van der Waals surface area contributed by atoms with Crippen molar-refractivity contribution in [1.82, 2.24) is 10.6 Å². The molecule has 1 unspecified atom stereocenters. The maximum absolute atomic E-state index is 12.7. The van der Waals surface area contributed by atoms with E-state index in [1.165, 1.54) is 13.2 Å². The minimum atomic E-state index is -2.93. The van der Waals surface area contributed by atoms with Crippen molar-refractivity contribution in [2.75, 3.05) is 20.2 Å². The molecule has 9 heteroatoms. The van der Waals surface area contributed by atoms with E-state index >= 15 is 0 Å². The van der Waals surface area contributed by atoms with Gasteiger partial charge in [-0.2, -0.15) is 8.78 Å². The Balaban J connectivity index is 0.00000450. The molecule has 1 atom stereocenters. The summed E-state index contributed by atoms with van der Waals surface area (Å²) in [7, 11) is 1.45. The van der Waals surface area contributed by atoms with Gasteiger partial charge >= 0.3 is 6.61 Å². The molecule has 0 fully saturated rings. The second kappa shape index (κ2) is 14.0. The lowest BCUT2D eigenvalue weighted by molar-refractivity contribution is -0.0505. The van der Waals surface area contributed by atoms with Crippen LogP contribution in [0.3, 0.4) is 0 Å². The van der Waals surface area contributed by atoms with Crippen LogP contribution in [-0.2, 0) is 6.54 Å². The van der Waals surface area contributed by atoms with E-state index in [1.807, 2.05) is 37.3 Å². The first kappa shape index (κ1) is 25.9. The van der Waals surface area contributed by atoms with Crippen LogP contribution < -0.4 is 20.1 Å². The van der Waals surface area contributed by atoms with Crippen molar-refractivity contribution in [3.8, 4) is 11.5 Å². The van der Waals surface area contributed by atoms with Gasteiger partial charge in [-0.05, 0) is 31.0 Å². The number of aliphatic hydroxyl groups excluding tert-OH is 1. The van der Waals surface area contributed by atoms with Gasteiger partial charge in [-0.1, -0.05) is 30.3 Å². The number of rotatable bonds is 10. The van der Waals surface area contributed by atoms with Crippen LogP contribution in [0.15, 0.2) is 53.5 Å². The molecule has 0 aliphatic heterocycles. The van der Waals surface area contributed by atoms with Gasteiger partial charge in [0.2, 0.25) is 0 Å². The molecule has 2 rings (SSSR count). The molecule has 166 valence electrons. The lowest BCUT2D eigenvalue weighted by Gasteiger charge is -2.15. The summed E-state index contributed by atoms with van der Waals surface area (Å²) in [5, 5.41) is 16.5. The Bertz CT molecular complexity index is 779. The summed E-state index contributed by atoms with van der Waals surface area (Å²) < 4.78 is 35.0. The smallest absolute Gasteiger partial charge is 0.387 e. The Hall–Kier alpha value is -2.14. The van der Waals surface area contributed by atoms with Gasteiger partial charge in [0.15, 0.2) is 5.96 Å². The molecule has 0 aliphatic rings. The number of benzene rings is 2. The van der Waals surface area contributed by atoms with Gasteiger partial charge in [0, 0.05) is 24.7 Å². The summed E-state index contributed by atoms with van der Waals surface area (Å²) in [4.78, 5) is 4.42. The molecule has 30 heavy (non-hydrogen) atoms. The Morgan fingerprint density at radius 2 is 1.87 bits per heavy atom. The molecule has 6 nitrogen and oxygen atoms in total. The van der Waals surface area contributed by atoms with Crippen LogP contribution in [0.1, 0.15) is 30.6 Å². The molecule has 3 N–H and O–H groups in total. The zero-order valence-electron chi connectivity index (χ0n) is 17.0. The largest absolute Gasteiger partial charge is 0.497 e. The van der Waals surface area contributed by atoms with E-state index in [0.29, 0.717) is 36.8 Å². The van der Waals surface area contributed by atoms with Crippen molar-refractivity contribution in [2.45, 2.75) is 32.6 Å². The number of guanidine groups is 1. The molecule has 2 aromatic rings. The van der Waals surface area contributed by atoms with Crippen LogP contribution in [0.4, 0.5) is 8.78 Å². The number of ether oxygens (including phenoxy) is 2. The molecule has 0 aromatic heterocycles. The third-order valence-electron chi connectivity index (χ3n) is 4.14. The number of methoxy groups -OCH3 is 1. The third-order valence-corrected chi connectivity index (χ3v) is 4.14. The third kappa shape index (κ3) is 8.70. The number of nitrogens with zero attached hydrogens (tertiary/aromatic N) is 1. The molecule has 2 aromatic carbocycles. The normalized spacial score (nSPS) is 12.1. The Morgan fingerprint density at radius 3 is 2.50 bits per heavy atom. The molecular weight excluding hydrogens is 507 g/mol. The van der Waals surface area contributed by atoms with Gasteiger partial charge in [-0.3, -0.25) is 0 Å². The van der Waals surface area contributed by atoms with E-state index in [1.54, 1.807) is 12.1 Å². The van der Waals surface area contributed by atoms with Crippen molar-refractivity contribution in [3.63, 3.8) is 0 Å². The molecule has 0 heterocycles. The lowest BCUT2D eigenvalue weighted by Crippen LogP contribution is -2.38. The molecule has 0 aliphatic carbocycles. The molecule has 0 amide bonds. The van der Waals surface area contributed by atoms with Crippen LogP contribution in [-0.4, -0.2) is 37.9 Å². The van der Waals surface area contributed by atoms with Crippen molar-refractivity contribution in [2.24, 2.45) is 4.99 Å². The van der Waals surface area contributed by atoms with E-state index in [9.17, 15) is 13.9 Å². The average molecular weight is 535 g/mol. The summed E-state index contributed by atoms with van der Waals surface area (Å²) in [6, 6.07) is 14.1. The molecule has 0 saturated carbocycles. The highest BCUT2D eigenvalue weighted by Crippen LogP contribution is 2.27. The fourth-order valence-electron chi connectivity index (χ4n) is 2.67. The maximum atomic E-state index is 12.7. The topological polar surface area (TPSA) is 75.1 Å². The van der Waals surface area contributed by atoms with E-state index < -0.39 is 12.7 Å². The average Bonchev–Trinajstić information content (AvgIpc) is 2.72. The highest BCUT2D eigenvalue weighted by Gasteiger charge is 2.12. The first-order valence-electron chi connectivity index (χ1n) is 9.40. The summed E-state index contributed by atoms with van der Waals surface area (Å²) in [5.41, 5.74) is 1.36. The molecule has 0 bridgehead atoms. The Kier molecular flexibility index (Phi) is 12.1. The van der Waals surface area contributed by atoms with E-state index in [0.717, 1.165) is 5.56 Å². The second-order valence-electron chi connectivity index (χ2n) is 6.19. The maximum Gasteiger partial charge on any atom is 0.387 e. The Morgan fingerprint density at radius 1 is 1.13 bits per heavy atom. The van der Waals surface area contributed by atoms with Crippen LogP contribution in [0.5, 0.6) is 11.5 Å². The molecular formula is C21H28F2IN3O3. The number of aliphatic hydroxyl groups is 1. The summed E-state index contributed by atoms with van der Waals surface area (Å²) in [6.45, 7) is 0.258. The van der Waals surface area contributed by atoms with E-state index in [2.05, 4.69) is 20.4 Å². The van der Waals surface area contributed by atoms with Gasteiger partial charge in [0.05, 0.1) is 19.8 Å². The standard InChI is InChI=1S/C21H27F2N3O3.HI/c1-3-24-21(25-12-11-18(27)15-7-5-4-6-8-15)26-14-16-9-10-17(28-2)13-19(16)29-20(22)23;/h4-10,13,18,20,27H,3,11-12,14H2,1-2H3,(H2,24,25,26);1H. The fraction of sp³-hybridized carbons (Fsp3) is 0.381. The zero-order chi connectivity index (χ0) is 21.1. The van der Waals surface area contributed by atoms with Gasteiger partial charge in [-0.15, -0.1) is 24.0 Å². The van der Waals surface area contributed by atoms with Crippen LogP contribution in [0.25, 0.3) is 0 Å². The zero-order valence-corrected chi connectivity index (χ0v) is 19.3. The minimum absolute atomic E-state index is 0. The number of halogens is 3. The summed E-state index contributed by atoms with van der Waals surface area (Å²) >= 11 is 0. The molecule has 0 spiro atoms. The summed E-state index contributed by atoms with van der Waals surface area (Å²) in [6.07, 6.45) is -0.0873. The van der Waals surface area contributed by atoms with Crippen LogP contribution >= 0.6 is 24.0 Å². The van der Waals surface area contributed by atoms with Gasteiger partial charge in [0.1, 0.15) is 11.5 Å². The quantitative estimate of drug-likeness (QED) is 0.243. The number of nitrogens with one attached hydrogen (secondary N) is 2. The lowest BCUT2D eigenvalue weighted by atomic mass is 10.1. The number of alkyl halides is 2. The SMILES string of the molecule is CCNC(=NCc1ccc(OC)cc1OC(F)F)NCCC(O)c1ccccc1.I. The minimum Gasteiger partial charge on any atom is -0.497 e. The summed E-state index contributed by atoms with van der Waals surface area (Å²) in [5.74, 6) is 0.971. The fourth-order valence-corrected chi connectivity index (χ4v) is 2.67. The number of hydrogen-bond acceptors (Lipinski definition) is 4. The molecule has 0 radical (unpaired) electrons. The predicted molar refractivity (Wildman–Crippen MR) is 124 cm³/mol. The second-order valence-corrected chi connectivity index (χ2v) is 6.19. The number of hydrogen-bond donors (Lipinski definition) is 3. The van der Waals surface area contributed by atoms with Crippen LogP contribution in [0, 0.1) is 0 Å². The molecule has 0 saturated heterocycles. The van der Waals surface area contributed by atoms with Crippen molar-refractivity contribution >= 4 is 29.9 Å². The first-order chi connectivity index (χ1) is 14.0. The highest BCUT2D eigenvalue weighted by molar-refractivity contribution is 14.0. The van der Waals surface area contributed by atoms with Crippen LogP contribution in [0.2, 0.25) is 0 Å². The first-order valence-corrected chi connectivity index (χ1v) is 9.40.